The van der Waals surface area contributed by atoms with Crippen LogP contribution in [0.15, 0.2) is 22.7 Å². The fraction of sp³-hybridized carbons (Fsp3) is 0.389. The highest BCUT2D eigenvalue weighted by Gasteiger charge is 2.34. The topological polar surface area (TPSA) is 84.8 Å². The zero-order valence-electron chi connectivity index (χ0n) is 14.9. The fourth-order valence-electron chi connectivity index (χ4n) is 3.09. The van der Waals surface area contributed by atoms with Gasteiger partial charge in [0.2, 0.25) is 0 Å². The average molecular weight is 456 g/mol. The number of aromatic amines is 1. The monoisotopic (exact) mass is 455 g/mol. The zero-order chi connectivity index (χ0) is 20.5. The summed E-state index contributed by atoms with van der Waals surface area (Å²) in [7, 11) is 0. The largest absolute Gasteiger partial charge is 0.433 e. The number of alkyl halides is 3. The van der Waals surface area contributed by atoms with Gasteiger partial charge >= 0.3 is 6.18 Å². The number of aromatic nitrogens is 2. The minimum absolute atomic E-state index is 0.0334. The van der Waals surface area contributed by atoms with E-state index in [9.17, 15) is 23.2 Å². The molecule has 1 aliphatic rings. The molecule has 0 unspecified atom stereocenters. The lowest BCUT2D eigenvalue weighted by molar-refractivity contribution is -0.141. The molecule has 0 aromatic carbocycles. The second-order valence-corrected chi connectivity index (χ2v) is 7.42. The van der Waals surface area contributed by atoms with E-state index in [-0.39, 0.29) is 23.3 Å². The van der Waals surface area contributed by atoms with Crippen molar-refractivity contribution in [2.24, 2.45) is 0 Å². The smallest absolute Gasteiger partial charge is 0.355 e. The van der Waals surface area contributed by atoms with Crippen molar-refractivity contribution in [1.82, 2.24) is 15.3 Å². The second-order valence-electron chi connectivity index (χ2n) is 6.57. The predicted molar refractivity (Wildman–Crippen MR) is 99.9 cm³/mol. The van der Waals surface area contributed by atoms with Crippen LogP contribution >= 0.6 is 15.9 Å². The third-order valence-electron chi connectivity index (χ3n) is 4.61. The van der Waals surface area contributed by atoms with Gasteiger partial charge in [0.05, 0.1) is 5.56 Å². The molecule has 0 saturated carbocycles. The molecule has 1 aliphatic heterocycles. The van der Waals surface area contributed by atoms with Crippen molar-refractivity contribution in [2.45, 2.75) is 32.0 Å². The van der Waals surface area contributed by atoms with Crippen LogP contribution in [-0.4, -0.2) is 35.0 Å². The SMILES string of the molecule is Cc1[nH]c(C(=O)NC2CCN(c3nc(C(F)(F)F)ccc3C#N)CC2)cc1Br. The molecule has 1 saturated heterocycles. The minimum Gasteiger partial charge on any atom is -0.355 e. The Morgan fingerprint density at radius 1 is 1.39 bits per heavy atom. The lowest BCUT2D eigenvalue weighted by Gasteiger charge is -2.33. The van der Waals surface area contributed by atoms with Gasteiger partial charge in [0, 0.05) is 29.3 Å². The predicted octanol–water partition coefficient (Wildman–Crippen LogP) is 3.77. The van der Waals surface area contributed by atoms with Crippen LogP contribution in [0.2, 0.25) is 0 Å². The molecule has 2 N–H and O–H groups in total. The number of nitriles is 1. The van der Waals surface area contributed by atoms with Crippen LogP contribution in [0.25, 0.3) is 0 Å². The maximum Gasteiger partial charge on any atom is 0.433 e. The van der Waals surface area contributed by atoms with E-state index in [0.29, 0.717) is 31.6 Å². The van der Waals surface area contributed by atoms with Crippen molar-refractivity contribution >= 4 is 27.7 Å². The van der Waals surface area contributed by atoms with Crippen LogP contribution in [-0.2, 0) is 6.18 Å². The van der Waals surface area contributed by atoms with Crippen molar-refractivity contribution < 1.29 is 18.0 Å². The van der Waals surface area contributed by atoms with Gasteiger partial charge in [-0.2, -0.15) is 18.4 Å². The molecule has 6 nitrogen and oxygen atoms in total. The molecule has 0 bridgehead atoms. The number of carbonyl (C=O) groups is 1. The van der Waals surface area contributed by atoms with E-state index >= 15 is 0 Å². The molecule has 0 spiro atoms. The van der Waals surface area contributed by atoms with E-state index in [2.05, 4.69) is 31.2 Å². The fourth-order valence-corrected chi connectivity index (χ4v) is 3.42. The number of hydrogen-bond donors (Lipinski definition) is 2. The van der Waals surface area contributed by atoms with E-state index in [4.69, 9.17) is 0 Å². The highest BCUT2D eigenvalue weighted by atomic mass is 79.9. The molecule has 0 radical (unpaired) electrons. The van der Waals surface area contributed by atoms with Gasteiger partial charge in [-0.1, -0.05) is 0 Å². The van der Waals surface area contributed by atoms with Gasteiger partial charge in [0.15, 0.2) is 0 Å². The summed E-state index contributed by atoms with van der Waals surface area (Å²) in [5.74, 6) is -0.201. The van der Waals surface area contributed by atoms with Crippen molar-refractivity contribution in [3.63, 3.8) is 0 Å². The maximum absolute atomic E-state index is 12.9. The summed E-state index contributed by atoms with van der Waals surface area (Å²) in [5.41, 5.74) is 0.365. The van der Waals surface area contributed by atoms with E-state index in [1.807, 2.05) is 13.0 Å². The molecule has 3 heterocycles. The molecule has 0 aliphatic carbocycles. The van der Waals surface area contributed by atoms with Crippen LogP contribution in [0, 0.1) is 18.3 Å². The minimum atomic E-state index is -4.57. The summed E-state index contributed by atoms with van der Waals surface area (Å²) in [6, 6.07) is 5.44. The molecule has 2 aromatic heterocycles. The summed E-state index contributed by atoms with van der Waals surface area (Å²) in [5, 5.41) is 12.1. The van der Waals surface area contributed by atoms with Crippen molar-refractivity contribution in [3.8, 4) is 6.07 Å². The van der Waals surface area contributed by atoms with E-state index in [1.54, 1.807) is 11.0 Å². The molecule has 0 atom stereocenters. The van der Waals surface area contributed by atoms with Crippen molar-refractivity contribution in [2.75, 3.05) is 18.0 Å². The molecule has 2 aromatic rings. The van der Waals surface area contributed by atoms with Gasteiger partial charge in [0.1, 0.15) is 23.3 Å². The molecule has 148 valence electrons. The standard InChI is InChI=1S/C18H17BrF3N5O/c1-10-13(19)8-14(24-10)17(28)25-12-4-6-27(7-5-12)16-11(9-23)2-3-15(26-16)18(20,21)22/h2-3,8,12,24H,4-7H2,1H3,(H,25,28). The van der Waals surface area contributed by atoms with Crippen LogP contribution in [0.1, 0.15) is 40.3 Å². The van der Waals surface area contributed by atoms with E-state index in [0.717, 1.165) is 22.3 Å². The molecule has 1 fully saturated rings. The molecule has 1 amide bonds. The Hall–Kier alpha value is -2.54. The number of carbonyl (C=O) groups excluding carboxylic acids is 1. The first-order chi connectivity index (χ1) is 13.2. The number of anilines is 1. The van der Waals surface area contributed by atoms with Crippen LogP contribution < -0.4 is 10.2 Å². The Bertz CT molecular complexity index is 907. The Morgan fingerprint density at radius 3 is 2.61 bits per heavy atom. The number of piperidine rings is 1. The number of aryl methyl sites for hydroxylation is 1. The average Bonchev–Trinajstić information content (AvgIpc) is 3.00. The summed E-state index contributed by atoms with van der Waals surface area (Å²) in [6.45, 7) is 2.62. The maximum atomic E-state index is 12.9. The summed E-state index contributed by atoms with van der Waals surface area (Å²) >= 11 is 3.35. The first kappa shape index (κ1) is 20.2. The van der Waals surface area contributed by atoms with Crippen molar-refractivity contribution in [3.05, 3.63) is 45.3 Å². The number of H-pyrrole nitrogens is 1. The van der Waals surface area contributed by atoms with Crippen molar-refractivity contribution in [1.29, 1.82) is 5.26 Å². The summed E-state index contributed by atoms with van der Waals surface area (Å²) in [6.07, 6.45) is -3.50. The number of nitrogens with zero attached hydrogens (tertiary/aromatic N) is 3. The number of hydrogen-bond acceptors (Lipinski definition) is 4. The van der Waals surface area contributed by atoms with Crippen LogP contribution in [0.5, 0.6) is 0 Å². The van der Waals surface area contributed by atoms with Gasteiger partial charge in [0.25, 0.3) is 5.91 Å². The number of pyridine rings is 1. The van der Waals surface area contributed by atoms with E-state index < -0.39 is 11.9 Å². The highest BCUT2D eigenvalue weighted by Crippen LogP contribution is 2.31. The number of amides is 1. The Balaban J connectivity index is 1.67. The Kier molecular flexibility index (Phi) is 5.65. The van der Waals surface area contributed by atoms with E-state index in [1.165, 1.54) is 0 Å². The van der Waals surface area contributed by atoms with Crippen LogP contribution in [0.4, 0.5) is 19.0 Å². The summed E-state index contributed by atoms with van der Waals surface area (Å²) in [4.78, 5) is 20.6. The molecular formula is C18H17BrF3N5O. The third-order valence-corrected chi connectivity index (χ3v) is 5.44. The van der Waals surface area contributed by atoms with Gasteiger partial charge in [-0.15, -0.1) is 0 Å². The first-order valence-corrected chi connectivity index (χ1v) is 9.37. The zero-order valence-corrected chi connectivity index (χ0v) is 16.5. The summed E-state index contributed by atoms with van der Waals surface area (Å²) < 4.78 is 39.7. The highest BCUT2D eigenvalue weighted by molar-refractivity contribution is 9.10. The first-order valence-electron chi connectivity index (χ1n) is 8.58. The Morgan fingerprint density at radius 2 is 2.07 bits per heavy atom. The molecule has 3 rings (SSSR count). The second kappa shape index (κ2) is 7.83. The van der Waals surface area contributed by atoms with Gasteiger partial charge in [-0.25, -0.2) is 4.98 Å². The van der Waals surface area contributed by atoms with Crippen LogP contribution in [0.3, 0.4) is 0 Å². The lowest BCUT2D eigenvalue weighted by atomic mass is 10.0. The third kappa shape index (κ3) is 4.30. The normalized spacial score (nSPS) is 15.4. The number of halogens is 4. The number of rotatable bonds is 3. The number of nitrogens with one attached hydrogen (secondary N) is 2. The molecule has 28 heavy (non-hydrogen) atoms. The lowest BCUT2D eigenvalue weighted by Crippen LogP contribution is -2.45. The molecule has 10 heteroatoms. The van der Waals surface area contributed by atoms with Gasteiger partial charge in [-0.3, -0.25) is 4.79 Å². The van der Waals surface area contributed by atoms with Gasteiger partial charge in [-0.05, 0) is 53.9 Å². The molecular weight excluding hydrogens is 439 g/mol. The Labute approximate surface area is 167 Å². The quantitative estimate of drug-likeness (QED) is 0.737. The van der Waals surface area contributed by atoms with Gasteiger partial charge < -0.3 is 15.2 Å².